The Morgan fingerprint density at radius 2 is 1.89 bits per heavy atom. The average molecular weight is 402 g/mol. The lowest BCUT2D eigenvalue weighted by molar-refractivity contribution is -0.117. The van der Waals surface area contributed by atoms with Gasteiger partial charge >= 0.3 is 6.03 Å². The van der Waals surface area contributed by atoms with Crippen molar-refractivity contribution >= 4 is 23.7 Å². The smallest absolute Gasteiger partial charge is 0.321 e. The van der Waals surface area contributed by atoms with E-state index in [2.05, 4.69) is 15.7 Å². The van der Waals surface area contributed by atoms with E-state index >= 15 is 0 Å². The fourth-order valence-electron chi connectivity index (χ4n) is 3.34. The number of para-hydroxylation sites is 1. The largest absolute Gasteiger partial charge is 0.336 e. The molecule has 0 spiro atoms. The van der Waals surface area contributed by atoms with E-state index in [4.69, 9.17) is 4.98 Å². The van der Waals surface area contributed by atoms with Crippen LogP contribution in [0.25, 0.3) is 5.69 Å². The third kappa shape index (κ3) is 5.58. The van der Waals surface area contributed by atoms with E-state index in [1.54, 1.807) is 0 Å². The van der Waals surface area contributed by atoms with Crippen LogP contribution in [0.3, 0.4) is 0 Å². The molecule has 0 unspecified atom stereocenters. The number of hydrogen-bond acceptors (Lipinski definition) is 5. The van der Waals surface area contributed by atoms with Gasteiger partial charge in [0.1, 0.15) is 5.82 Å². The molecule has 0 radical (unpaired) electrons. The summed E-state index contributed by atoms with van der Waals surface area (Å²) in [7, 11) is 0. The van der Waals surface area contributed by atoms with E-state index in [9.17, 15) is 9.59 Å². The summed E-state index contributed by atoms with van der Waals surface area (Å²) in [5.41, 5.74) is 0.975. The molecule has 1 saturated carbocycles. The number of carbonyl (C=O) groups excluding carboxylic acids is 2. The maximum absolute atomic E-state index is 12.0. The summed E-state index contributed by atoms with van der Waals surface area (Å²) < 4.78 is 1.90. The fourth-order valence-corrected chi connectivity index (χ4v) is 3.97. The second-order valence-electron chi connectivity index (χ2n) is 7.30. The highest BCUT2D eigenvalue weighted by atomic mass is 32.2. The van der Waals surface area contributed by atoms with Crippen LogP contribution in [0.2, 0.25) is 0 Å². The van der Waals surface area contributed by atoms with Crippen LogP contribution in [0, 0.1) is 0 Å². The number of nitrogens with one attached hydrogen (secondary N) is 2. The lowest BCUT2D eigenvalue weighted by Gasteiger charge is -2.21. The Hall–Kier alpha value is -2.35. The van der Waals surface area contributed by atoms with Crippen molar-refractivity contribution in [3.05, 3.63) is 36.2 Å². The molecule has 0 aliphatic heterocycles. The fraction of sp³-hybridized carbons (Fsp3) is 0.500. The van der Waals surface area contributed by atoms with Gasteiger partial charge < -0.3 is 5.32 Å². The van der Waals surface area contributed by atoms with Crippen LogP contribution in [0.15, 0.2) is 35.5 Å². The zero-order valence-electron chi connectivity index (χ0n) is 16.4. The van der Waals surface area contributed by atoms with Crippen LogP contribution in [0.5, 0.6) is 0 Å². The second-order valence-corrected chi connectivity index (χ2v) is 8.24. The first-order chi connectivity index (χ1) is 13.5. The van der Waals surface area contributed by atoms with Gasteiger partial charge in [0.25, 0.3) is 0 Å². The topological polar surface area (TPSA) is 88.9 Å². The minimum absolute atomic E-state index is 0.0262. The van der Waals surface area contributed by atoms with E-state index in [1.807, 2.05) is 48.9 Å². The summed E-state index contributed by atoms with van der Waals surface area (Å²) in [5, 5.41) is 10.2. The van der Waals surface area contributed by atoms with E-state index in [-0.39, 0.29) is 17.7 Å². The Labute approximate surface area is 169 Å². The van der Waals surface area contributed by atoms with Crippen LogP contribution in [-0.4, -0.2) is 38.5 Å². The number of thioether (sulfide) groups is 1. The standard InChI is InChI=1S/C20H27N5O2S/c1-14(2)21-19(27)22-17(26)13-28-20-23-18(15-9-5-3-6-10-15)25(24-20)16-11-7-4-8-12-16/h4,7-8,11-12,14-15H,3,5-6,9-10,13H2,1-2H3,(H2,21,22,26,27). The molecule has 1 aliphatic rings. The number of imide groups is 1. The van der Waals surface area contributed by atoms with Gasteiger partial charge in [-0.25, -0.2) is 14.5 Å². The summed E-state index contributed by atoms with van der Waals surface area (Å²) in [6.07, 6.45) is 5.93. The monoisotopic (exact) mass is 401 g/mol. The molecule has 1 aromatic carbocycles. The van der Waals surface area contributed by atoms with Gasteiger partial charge in [0.05, 0.1) is 11.4 Å². The number of urea groups is 1. The van der Waals surface area contributed by atoms with Crippen molar-refractivity contribution < 1.29 is 9.59 Å². The Kier molecular flexibility index (Phi) is 7.08. The first-order valence-electron chi connectivity index (χ1n) is 9.78. The number of nitrogens with zero attached hydrogens (tertiary/aromatic N) is 3. The van der Waals surface area contributed by atoms with Crippen molar-refractivity contribution in [2.45, 2.75) is 63.1 Å². The minimum atomic E-state index is -0.480. The van der Waals surface area contributed by atoms with Gasteiger partial charge in [0.15, 0.2) is 0 Å². The number of aromatic nitrogens is 3. The third-order valence-electron chi connectivity index (χ3n) is 4.59. The first-order valence-corrected chi connectivity index (χ1v) is 10.8. The Bertz CT molecular complexity index is 800. The zero-order chi connectivity index (χ0) is 19.9. The molecule has 0 atom stereocenters. The molecule has 150 valence electrons. The number of hydrogen-bond donors (Lipinski definition) is 2. The van der Waals surface area contributed by atoms with Gasteiger partial charge in [0.2, 0.25) is 11.1 Å². The van der Waals surface area contributed by atoms with Crippen molar-refractivity contribution in [3.63, 3.8) is 0 Å². The van der Waals surface area contributed by atoms with Gasteiger partial charge in [-0.15, -0.1) is 5.10 Å². The van der Waals surface area contributed by atoms with Crippen LogP contribution in [0.4, 0.5) is 4.79 Å². The molecule has 1 fully saturated rings. The van der Waals surface area contributed by atoms with Gasteiger partial charge in [-0.3, -0.25) is 10.1 Å². The highest BCUT2D eigenvalue weighted by molar-refractivity contribution is 7.99. The Morgan fingerprint density at radius 3 is 2.57 bits per heavy atom. The molecular formula is C20H27N5O2S. The number of benzene rings is 1. The third-order valence-corrected chi connectivity index (χ3v) is 5.43. The molecule has 7 nitrogen and oxygen atoms in total. The van der Waals surface area contributed by atoms with Crippen LogP contribution >= 0.6 is 11.8 Å². The molecule has 2 N–H and O–H groups in total. The SMILES string of the molecule is CC(C)NC(=O)NC(=O)CSc1nc(C2CCCCC2)n(-c2ccccc2)n1. The number of carbonyl (C=O) groups is 2. The van der Waals surface area contributed by atoms with E-state index in [0.29, 0.717) is 11.1 Å². The molecule has 8 heteroatoms. The average Bonchev–Trinajstić information content (AvgIpc) is 3.11. The minimum Gasteiger partial charge on any atom is -0.336 e. The predicted molar refractivity (Wildman–Crippen MR) is 110 cm³/mol. The summed E-state index contributed by atoms with van der Waals surface area (Å²) in [6.45, 7) is 3.68. The highest BCUT2D eigenvalue weighted by Gasteiger charge is 2.23. The molecule has 0 saturated heterocycles. The zero-order valence-corrected chi connectivity index (χ0v) is 17.2. The van der Waals surface area contributed by atoms with E-state index in [0.717, 1.165) is 24.4 Å². The van der Waals surface area contributed by atoms with Crippen LogP contribution in [-0.2, 0) is 4.79 Å². The molecule has 3 amide bonds. The summed E-state index contributed by atoms with van der Waals surface area (Å²) in [4.78, 5) is 28.4. The summed E-state index contributed by atoms with van der Waals surface area (Å²) >= 11 is 1.25. The lowest BCUT2D eigenvalue weighted by Crippen LogP contribution is -2.43. The van der Waals surface area contributed by atoms with Gasteiger partial charge in [-0.2, -0.15) is 0 Å². The Balaban J connectivity index is 1.70. The molecule has 3 rings (SSSR count). The van der Waals surface area contributed by atoms with Gasteiger partial charge in [0, 0.05) is 12.0 Å². The number of amides is 3. The van der Waals surface area contributed by atoms with E-state index in [1.165, 1.54) is 31.0 Å². The maximum atomic E-state index is 12.0. The number of rotatable bonds is 6. The maximum Gasteiger partial charge on any atom is 0.321 e. The first kappa shape index (κ1) is 20.4. The van der Waals surface area contributed by atoms with Gasteiger partial charge in [-0.1, -0.05) is 49.2 Å². The lowest BCUT2D eigenvalue weighted by atomic mass is 9.88. The Morgan fingerprint density at radius 1 is 1.18 bits per heavy atom. The van der Waals surface area contributed by atoms with Crippen LogP contribution < -0.4 is 10.6 Å². The normalized spacial score (nSPS) is 14.8. The van der Waals surface area contributed by atoms with Crippen LogP contribution in [0.1, 0.15) is 57.7 Å². The van der Waals surface area contributed by atoms with Crippen molar-refractivity contribution in [2.75, 3.05) is 5.75 Å². The summed E-state index contributed by atoms with van der Waals surface area (Å²) in [5.74, 6) is 1.08. The van der Waals surface area contributed by atoms with E-state index < -0.39 is 6.03 Å². The van der Waals surface area contributed by atoms with Crippen molar-refractivity contribution in [3.8, 4) is 5.69 Å². The van der Waals surface area contributed by atoms with Crippen molar-refractivity contribution in [1.29, 1.82) is 0 Å². The molecule has 2 aromatic rings. The quantitative estimate of drug-likeness (QED) is 0.722. The van der Waals surface area contributed by atoms with Crippen molar-refractivity contribution in [1.82, 2.24) is 25.4 Å². The molecule has 1 aromatic heterocycles. The molecule has 1 aliphatic carbocycles. The molecule has 1 heterocycles. The molecule has 0 bridgehead atoms. The predicted octanol–water partition coefficient (Wildman–Crippen LogP) is 3.64. The van der Waals surface area contributed by atoms with Gasteiger partial charge in [-0.05, 0) is 38.8 Å². The molecular weight excluding hydrogens is 374 g/mol. The highest BCUT2D eigenvalue weighted by Crippen LogP contribution is 2.33. The second kappa shape index (κ2) is 9.73. The molecule has 28 heavy (non-hydrogen) atoms. The van der Waals surface area contributed by atoms with Crippen molar-refractivity contribution in [2.24, 2.45) is 0 Å². The summed E-state index contributed by atoms with van der Waals surface area (Å²) in [6, 6.07) is 9.46.